The molecule has 1 aliphatic rings. The molecule has 1 atom stereocenters. The van der Waals surface area contributed by atoms with E-state index >= 15 is 0 Å². The number of rotatable bonds is 5. The van der Waals surface area contributed by atoms with E-state index in [4.69, 9.17) is 5.84 Å². The van der Waals surface area contributed by atoms with Crippen LogP contribution < -0.4 is 11.3 Å². The van der Waals surface area contributed by atoms with Crippen LogP contribution in [0.3, 0.4) is 0 Å². The lowest BCUT2D eigenvalue weighted by atomic mass is 9.77. The summed E-state index contributed by atoms with van der Waals surface area (Å²) < 4.78 is 2.05. The summed E-state index contributed by atoms with van der Waals surface area (Å²) in [4.78, 5) is 0. The van der Waals surface area contributed by atoms with Crippen molar-refractivity contribution in [2.45, 2.75) is 58.5 Å². The van der Waals surface area contributed by atoms with E-state index in [1.54, 1.807) is 0 Å². The highest BCUT2D eigenvalue weighted by Crippen LogP contribution is 2.37. The number of hydrogen-bond acceptors (Lipinski definition) is 3. The molecule has 0 aliphatic heterocycles. The molecule has 0 spiro atoms. The zero-order valence-electron chi connectivity index (χ0n) is 11.6. The van der Waals surface area contributed by atoms with Crippen LogP contribution in [0, 0.1) is 11.8 Å². The summed E-state index contributed by atoms with van der Waals surface area (Å²) in [6.07, 6.45) is 8.45. The van der Waals surface area contributed by atoms with Gasteiger partial charge in [0, 0.05) is 12.7 Å². The monoisotopic (exact) mass is 250 g/mol. The van der Waals surface area contributed by atoms with Crippen molar-refractivity contribution >= 4 is 0 Å². The topological polar surface area (TPSA) is 55.9 Å². The Morgan fingerprint density at radius 3 is 2.67 bits per heavy atom. The lowest BCUT2D eigenvalue weighted by Gasteiger charge is -2.33. The van der Waals surface area contributed by atoms with Crippen molar-refractivity contribution in [3.8, 4) is 0 Å². The summed E-state index contributed by atoms with van der Waals surface area (Å²) >= 11 is 0. The minimum absolute atomic E-state index is 0.255. The Morgan fingerprint density at radius 1 is 1.39 bits per heavy atom. The smallest absolute Gasteiger partial charge is 0.0657 e. The SMILES string of the molecule is CCC1CCC(C(NN)c2ccnn2CC)CC1. The molecule has 2 rings (SSSR count). The van der Waals surface area contributed by atoms with Gasteiger partial charge in [0.1, 0.15) is 0 Å². The molecule has 102 valence electrons. The first-order valence-electron chi connectivity index (χ1n) is 7.27. The third kappa shape index (κ3) is 2.75. The standard InChI is InChI=1S/C14H26N4/c1-3-11-5-7-12(8-6-11)14(17-15)13-9-10-16-18(13)4-2/h9-12,14,17H,3-8,15H2,1-2H3. The third-order valence-corrected chi connectivity index (χ3v) is 4.49. The van der Waals surface area contributed by atoms with Crippen LogP contribution in [0.25, 0.3) is 0 Å². The van der Waals surface area contributed by atoms with Gasteiger partial charge in [-0.15, -0.1) is 0 Å². The van der Waals surface area contributed by atoms with E-state index in [2.05, 4.69) is 35.1 Å². The van der Waals surface area contributed by atoms with Crippen LogP contribution in [0.2, 0.25) is 0 Å². The maximum atomic E-state index is 5.79. The number of hydrazine groups is 1. The molecule has 0 amide bonds. The average molecular weight is 250 g/mol. The van der Waals surface area contributed by atoms with E-state index in [1.165, 1.54) is 37.8 Å². The zero-order chi connectivity index (χ0) is 13.0. The predicted molar refractivity (Wildman–Crippen MR) is 73.7 cm³/mol. The van der Waals surface area contributed by atoms with E-state index in [-0.39, 0.29) is 6.04 Å². The van der Waals surface area contributed by atoms with E-state index in [0.717, 1.165) is 12.5 Å². The first-order chi connectivity index (χ1) is 8.80. The normalized spacial score (nSPS) is 26.2. The first kappa shape index (κ1) is 13.6. The Kier molecular flexibility index (Phi) is 4.78. The molecule has 4 nitrogen and oxygen atoms in total. The second kappa shape index (κ2) is 6.34. The molecule has 4 heteroatoms. The van der Waals surface area contributed by atoms with Crippen molar-refractivity contribution in [3.05, 3.63) is 18.0 Å². The summed E-state index contributed by atoms with van der Waals surface area (Å²) in [6, 6.07) is 2.35. The van der Waals surface area contributed by atoms with Gasteiger partial charge in [0.05, 0.1) is 11.7 Å². The van der Waals surface area contributed by atoms with Gasteiger partial charge in [-0.25, -0.2) is 0 Å². The van der Waals surface area contributed by atoms with Crippen molar-refractivity contribution < 1.29 is 0 Å². The van der Waals surface area contributed by atoms with Crippen LogP contribution in [-0.2, 0) is 6.54 Å². The Balaban J connectivity index is 2.05. The quantitative estimate of drug-likeness (QED) is 0.624. The summed E-state index contributed by atoms with van der Waals surface area (Å²) in [6.45, 7) is 5.33. The molecule has 1 fully saturated rings. The minimum Gasteiger partial charge on any atom is -0.271 e. The molecular weight excluding hydrogens is 224 g/mol. The number of nitrogens with one attached hydrogen (secondary N) is 1. The van der Waals surface area contributed by atoms with Crippen LogP contribution in [-0.4, -0.2) is 9.78 Å². The van der Waals surface area contributed by atoms with E-state index in [0.29, 0.717) is 5.92 Å². The second-order valence-electron chi connectivity index (χ2n) is 5.41. The molecular formula is C14H26N4. The number of aromatic nitrogens is 2. The van der Waals surface area contributed by atoms with Crippen molar-refractivity contribution in [2.24, 2.45) is 17.7 Å². The van der Waals surface area contributed by atoms with Gasteiger partial charge in [0.15, 0.2) is 0 Å². The molecule has 0 bridgehead atoms. The number of nitrogens with two attached hydrogens (primary N) is 1. The second-order valence-corrected chi connectivity index (χ2v) is 5.41. The minimum atomic E-state index is 0.255. The van der Waals surface area contributed by atoms with Gasteiger partial charge in [-0.2, -0.15) is 5.10 Å². The van der Waals surface area contributed by atoms with Crippen LogP contribution >= 0.6 is 0 Å². The van der Waals surface area contributed by atoms with Gasteiger partial charge < -0.3 is 0 Å². The first-order valence-corrected chi connectivity index (χ1v) is 7.27. The molecule has 1 saturated carbocycles. The van der Waals surface area contributed by atoms with Gasteiger partial charge in [0.25, 0.3) is 0 Å². The van der Waals surface area contributed by atoms with Crippen molar-refractivity contribution in [3.63, 3.8) is 0 Å². The lowest BCUT2D eigenvalue weighted by molar-refractivity contribution is 0.213. The van der Waals surface area contributed by atoms with Crippen LogP contribution in [0.5, 0.6) is 0 Å². The van der Waals surface area contributed by atoms with Crippen molar-refractivity contribution in [1.29, 1.82) is 0 Å². The molecule has 1 heterocycles. The molecule has 0 saturated heterocycles. The fourth-order valence-corrected chi connectivity index (χ4v) is 3.26. The molecule has 1 aliphatic carbocycles. The molecule has 0 radical (unpaired) electrons. The Morgan fingerprint density at radius 2 is 2.11 bits per heavy atom. The van der Waals surface area contributed by atoms with Crippen molar-refractivity contribution in [1.82, 2.24) is 15.2 Å². The van der Waals surface area contributed by atoms with Gasteiger partial charge in [-0.05, 0) is 37.7 Å². The largest absolute Gasteiger partial charge is 0.271 e. The molecule has 1 unspecified atom stereocenters. The van der Waals surface area contributed by atoms with Gasteiger partial charge >= 0.3 is 0 Å². The molecule has 1 aromatic rings. The van der Waals surface area contributed by atoms with Crippen LogP contribution in [0.4, 0.5) is 0 Å². The fourth-order valence-electron chi connectivity index (χ4n) is 3.26. The Hall–Kier alpha value is -0.870. The lowest BCUT2D eigenvalue weighted by Crippen LogP contribution is -2.36. The highest BCUT2D eigenvalue weighted by molar-refractivity contribution is 5.08. The van der Waals surface area contributed by atoms with Gasteiger partial charge in [0.2, 0.25) is 0 Å². The highest BCUT2D eigenvalue weighted by Gasteiger charge is 2.29. The highest BCUT2D eigenvalue weighted by atomic mass is 15.3. The maximum absolute atomic E-state index is 5.79. The van der Waals surface area contributed by atoms with E-state index in [9.17, 15) is 0 Å². The van der Waals surface area contributed by atoms with Crippen LogP contribution in [0.1, 0.15) is 57.7 Å². The molecule has 0 aromatic carbocycles. The zero-order valence-corrected chi connectivity index (χ0v) is 11.6. The van der Waals surface area contributed by atoms with Gasteiger partial charge in [-0.1, -0.05) is 26.2 Å². The van der Waals surface area contributed by atoms with Crippen LogP contribution in [0.15, 0.2) is 12.3 Å². The molecule has 3 N–H and O–H groups in total. The van der Waals surface area contributed by atoms with Gasteiger partial charge in [-0.3, -0.25) is 16.0 Å². The predicted octanol–water partition coefficient (Wildman–Crippen LogP) is 2.62. The Bertz CT molecular complexity index is 352. The number of nitrogens with zero attached hydrogens (tertiary/aromatic N) is 2. The van der Waals surface area contributed by atoms with E-state index in [1.807, 2.05) is 6.20 Å². The van der Waals surface area contributed by atoms with E-state index < -0.39 is 0 Å². The maximum Gasteiger partial charge on any atom is 0.0657 e. The third-order valence-electron chi connectivity index (χ3n) is 4.49. The summed E-state index contributed by atoms with van der Waals surface area (Å²) in [7, 11) is 0. The summed E-state index contributed by atoms with van der Waals surface area (Å²) in [5, 5.41) is 4.35. The summed E-state index contributed by atoms with van der Waals surface area (Å²) in [5.41, 5.74) is 4.26. The summed E-state index contributed by atoms with van der Waals surface area (Å²) in [5.74, 6) is 7.37. The number of aryl methyl sites for hydroxylation is 1. The Labute approximate surface area is 110 Å². The fraction of sp³-hybridized carbons (Fsp3) is 0.786. The number of hydrogen-bond donors (Lipinski definition) is 2. The molecule has 1 aromatic heterocycles. The van der Waals surface area contributed by atoms with Crippen molar-refractivity contribution in [2.75, 3.05) is 0 Å². The average Bonchev–Trinajstić information content (AvgIpc) is 2.89. The molecule has 18 heavy (non-hydrogen) atoms.